The van der Waals surface area contributed by atoms with Crippen LogP contribution in [0.1, 0.15) is 23.2 Å². The Morgan fingerprint density at radius 2 is 2.00 bits per heavy atom. The van der Waals surface area contributed by atoms with Gasteiger partial charge in [-0.15, -0.1) is 11.3 Å². The van der Waals surface area contributed by atoms with Crippen LogP contribution in [0.4, 0.5) is 11.5 Å². The van der Waals surface area contributed by atoms with Crippen LogP contribution in [0.3, 0.4) is 0 Å². The van der Waals surface area contributed by atoms with E-state index in [0.717, 1.165) is 18.8 Å². The number of rotatable bonds is 3. The number of amides is 1. The summed E-state index contributed by atoms with van der Waals surface area (Å²) in [4.78, 5) is 35.8. The number of hydrogen-bond donors (Lipinski definition) is 1. The fourth-order valence-corrected chi connectivity index (χ4v) is 3.46. The molecule has 0 aliphatic carbocycles. The van der Waals surface area contributed by atoms with E-state index in [1.807, 2.05) is 6.07 Å². The standard InChI is InChI=1S/C16H15N5O2S/c22-14(12-10-18-16-21(15(12)23)7-8-24-16)19-13-4-3-11(9-17-13)20-5-1-2-6-20/h3-4,7-10H,1-2,5-6H2,(H,17,19,22). The Labute approximate surface area is 141 Å². The first-order valence-corrected chi connectivity index (χ1v) is 8.57. The minimum atomic E-state index is -0.505. The van der Waals surface area contributed by atoms with Crippen LogP contribution in [0.15, 0.2) is 40.9 Å². The van der Waals surface area contributed by atoms with Crippen molar-refractivity contribution in [3.8, 4) is 0 Å². The lowest BCUT2D eigenvalue weighted by Gasteiger charge is -2.17. The highest BCUT2D eigenvalue weighted by Crippen LogP contribution is 2.20. The van der Waals surface area contributed by atoms with Crippen LogP contribution in [0, 0.1) is 0 Å². The van der Waals surface area contributed by atoms with Crippen LogP contribution in [-0.2, 0) is 0 Å². The highest BCUT2D eigenvalue weighted by molar-refractivity contribution is 7.15. The number of carbonyl (C=O) groups excluding carboxylic acids is 1. The molecule has 1 aliphatic heterocycles. The van der Waals surface area contributed by atoms with Crippen molar-refractivity contribution in [1.29, 1.82) is 0 Å². The summed E-state index contributed by atoms with van der Waals surface area (Å²) in [7, 11) is 0. The number of aromatic nitrogens is 3. The third-order valence-corrected chi connectivity index (χ3v) is 4.82. The molecule has 1 saturated heterocycles. The van der Waals surface area contributed by atoms with Gasteiger partial charge in [-0.3, -0.25) is 14.0 Å². The zero-order chi connectivity index (χ0) is 16.5. The Morgan fingerprint density at radius 3 is 2.75 bits per heavy atom. The maximum absolute atomic E-state index is 12.3. The molecule has 1 aliphatic rings. The summed E-state index contributed by atoms with van der Waals surface area (Å²) < 4.78 is 1.36. The number of nitrogens with one attached hydrogen (secondary N) is 1. The molecule has 0 bridgehead atoms. The second kappa shape index (κ2) is 6.04. The third kappa shape index (κ3) is 2.65. The Morgan fingerprint density at radius 1 is 1.17 bits per heavy atom. The lowest BCUT2D eigenvalue weighted by molar-refractivity contribution is 0.102. The van der Waals surface area contributed by atoms with E-state index < -0.39 is 5.91 Å². The van der Waals surface area contributed by atoms with Gasteiger partial charge in [-0.1, -0.05) is 0 Å². The Hall–Kier alpha value is -2.74. The summed E-state index contributed by atoms with van der Waals surface area (Å²) in [6, 6.07) is 3.68. The van der Waals surface area contributed by atoms with Crippen molar-refractivity contribution in [1.82, 2.24) is 14.4 Å². The first-order valence-electron chi connectivity index (χ1n) is 7.69. The van der Waals surface area contributed by atoms with Crippen LogP contribution < -0.4 is 15.8 Å². The zero-order valence-corrected chi connectivity index (χ0v) is 13.6. The molecule has 24 heavy (non-hydrogen) atoms. The van der Waals surface area contributed by atoms with Crippen LogP contribution in [0.25, 0.3) is 4.96 Å². The summed E-state index contributed by atoms with van der Waals surface area (Å²) in [6.45, 7) is 2.08. The van der Waals surface area contributed by atoms with Crippen LogP contribution >= 0.6 is 11.3 Å². The lowest BCUT2D eigenvalue weighted by Crippen LogP contribution is -2.26. The molecule has 1 amide bonds. The molecular weight excluding hydrogens is 326 g/mol. The van der Waals surface area contributed by atoms with Gasteiger partial charge in [-0.2, -0.15) is 0 Å². The quantitative estimate of drug-likeness (QED) is 0.788. The van der Waals surface area contributed by atoms with E-state index in [1.54, 1.807) is 23.8 Å². The number of pyridine rings is 1. The molecule has 122 valence electrons. The van der Waals surface area contributed by atoms with Crippen molar-refractivity contribution in [3.05, 3.63) is 52.0 Å². The molecule has 0 atom stereocenters. The third-order valence-electron chi connectivity index (χ3n) is 4.05. The minimum absolute atomic E-state index is 0.00341. The summed E-state index contributed by atoms with van der Waals surface area (Å²) in [6.07, 6.45) is 7.05. The van der Waals surface area contributed by atoms with Crippen molar-refractivity contribution < 1.29 is 4.79 Å². The monoisotopic (exact) mass is 341 g/mol. The summed E-state index contributed by atoms with van der Waals surface area (Å²) >= 11 is 1.34. The van der Waals surface area contributed by atoms with Gasteiger partial charge in [0.15, 0.2) is 4.96 Å². The van der Waals surface area contributed by atoms with Crippen molar-refractivity contribution in [3.63, 3.8) is 0 Å². The van der Waals surface area contributed by atoms with Crippen molar-refractivity contribution in [2.24, 2.45) is 0 Å². The molecule has 0 radical (unpaired) electrons. The van der Waals surface area contributed by atoms with E-state index in [0.29, 0.717) is 10.8 Å². The van der Waals surface area contributed by atoms with E-state index in [1.165, 1.54) is 34.8 Å². The van der Waals surface area contributed by atoms with Gasteiger partial charge in [0.25, 0.3) is 11.5 Å². The average Bonchev–Trinajstić information content (AvgIpc) is 3.27. The fraction of sp³-hybridized carbons (Fsp3) is 0.250. The molecule has 0 aromatic carbocycles. The maximum atomic E-state index is 12.3. The molecule has 3 aromatic rings. The Bertz CT molecular complexity index is 941. The van der Waals surface area contributed by atoms with Gasteiger partial charge in [0, 0.05) is 30.9 Å². The normalized spacial score (nSPS) is 14.2. The predicted molar refractivity (Wildman–Crippen MR) is 93.0 cm³/mol. The molecule has 1 N–H and O–H groups in total. The number of fused-ring (bicyclic) bond motifs is 1. The number of hydrogen-bond acceptors (Lipinski definition) is 6. The van der Waals surface area contributed by atoms with Crippen molar-refractivity contribution in [2.45, 2.75) is 12.8 Å². The van der Waals surface area contributed by atoms with Crippen LogP contribution in [0.2, 0.25) is 0 Å². The second-order valence-corrected chi connectivity index (χ2v) is 6.46. The summed E-state index contributed by atoms with van der Waals surface area (Å²) in [5, 5.41) is 4.41. The highest BCUT2D eigenvalue weighted by Gasteiger charge is 2.16. The molecule has 4 heterocycles. The molecule has 4 rings (SSSR count). The molecule has 0 unspecified atom stereocenters. The molecule has 0 spiro atoms. The van der Waals surface area contributed by atoms with E-state index in [4.69, 9.17) is 0 Å². The SMILES string of the molecule is O=C(Nc1ccc(N2CCCC2)cn1)c1cnc2sccn2c1=O. The number of thiazole rings is 1. The largest absolute Gasteiger partial charge is 0.370 e. The topological polar surface area (TPSA) is 79.6 Å². The van der Waals surface area contributed by atoms with Gasteiger partial charge >= 0.3 is 0 Å². The number of anilines is 2. The highest BCUT2D eigenvalue weighted by atomic mass is 32.1. The van der Waals surface area contributed by atoms with Gasteiger partial charge in [-0.25, -0.2) is 9.97 Å². The van der Waals surface area contributed by atoms with E-state index in [2.05, 4.69) is 20.2 Å². The molecule has 8 heteroatoms. The van der Waals surface area contributed by atoms with Gasteiger partial charge in [0.05, 0.1) is 11.9 Å². The van der Waals surface area contributed by atoms with Gasteiger partial charge in [0.1, 0.15) is 11.4 Å². The Balaban J connectivity index is 1.54. The van der Waals surface area contributed by atoms with Crippen molar-refractivity contribution in [2.75, 3.05) is 23.3 Å². The van der Waals surface area contributed by atoms with Crippen molar-refractivity contribution >= 4 is 33.7 Å². The minimum Gasteiger partial charge on any atom is -0.370 e. The maximum Gasteiger partial charge on any atom is 0.271 e. The fourth-order valence-electron chi connectivity index (χ4n) is 2.79. The molecule has 7 nitrogen and oxygen atoms in total. The second-order valence-electron chi connectivity index (χ2n) is 5.58. The first kappa shape index (κ1) is 14.8. The van der Waals surface area contributed by atoms with E-state index in [9.17, 15) is 9.59 Å². The molecular formula is C16H15N5O2S. The summed E-state index contributed by atoms with van der Waals surface area (Å²) in [5.74, 6) is -0.0905. The zero-order valence-electron chi connectivity index (χ0n) is 12.8. The van der Waals surface area contributed by atoms with Gasteiger partial charge in [0.2, 0.25) is 0 Å². The molecule has 0 saturated carbocycles. The van der Waals surface area contributed by atoms with Gasteiger partial charge in [-0.05, 0) is 25.0 Å². The van der Waals surface area contributed by atoms with Gasteiger partial charge < -0.3 is 10.2 Å². The van der Waals surface area contributed by atoms with E-state index in [-0.39, 0.29) is 11.1 Å². The smallest absolute Gasteiger partial charge is 0.271 e. The predicted octanol–water partition coefficient (Wildman–Crippen LogP) is 2.00. The van der Waals surface area contributed by atoms with E-state index >= 15 is 0 Å². The average molecular weight is 341 g/mol. The summed E-state index contributed by atoms with van der Waals surface area (Å²) in [5.41, 5.74) is 0.663. The molecule has 3 aromatic heterocycles. The Kier molecular flexibility index (Phi) is 3.73. The number of carbonyl (C=O) groups is 1. The first-order chi connectivity index (χ1) is 11.7. The molecule has 1 fully saturated rings. The number of nitrogens with zero attached hydrogens (tertiary/aromatic N) is 4. The van der Waals surface area contributed by atoms with Crippen LogP contribution in [-0.4, -0.2) is 33.4 Å². The van der Waals surface area contributed by atoms with Crippen LogP contribution in [0.5, 0.6) is 0 Å². The lowest BCUT2D eigenvalue weighted by atomic mass is 10.3.